The molecule has 0 saturated carbocycles. The minimum absolute atomic E-state index is 0.0103. The molecule has 0 spiro atoms. The number of benzene rings is 3. The number of amides is 2. The zero-order chi connectivity index (χ0) is 27.0. The fourth-order valence-corrected chi connectivity index (χ4v) is 5.85. The maximum absolute atomic E-state index is 13.9. The van der Waals surface area contributed by atoms with Gasteiger partial charge in [-0.1, -0.05) is 78.7 Å². The average molecular weight is 563 g/mol. The van der Waals surface area contributed by atoms with Crippen LogP contribution >= 0.6 is 23.2 Å². The van der Waals surface area contributed by atoms with Crippen molar-refractivity contribution >= 4 is 50.7 Å². The molecule has 0 aromatic heterocycles. The third-order valence-corrected chi connectivity index (χ3v) is 8.23. The standard InChI is InChI=1S/C27H29Cl2N3O4S/c1-3-24(27(34)30-4-2)31(18-20-12-8-9-15-22(20)28)26(33)19-32(25-17-11-10-16-23(25)29)37(35,36)21-13-6-5-7-14-21/h5-17,24H,3-4,18-19H2,1-2H3,(H,30,34). The van der Waals surface area contributed by atoms with Crippen molar-refractivity contribution < 1.29 is 18.0 Å². The number of sulfonamides is 1. The quantitative estimate of drug-likeness (QED) is 0.351. The average Bonchev–Trinajstić information content (AvgIpc) is 2.89. The van der Waals surface area contributed by atoms with E-state index in [1.807, 2.05) is 0 Å². The molecule has 1 N–H and O–H groups in total. The Balaban J connectivity index is 2.07. The maximum atomic E-state index is 13.9. The molecule has 10 heteroatoms. The Hall–Kier alpha value is -3.07. The number of para-hydroxylation sites is 1. The first kappa shape index (κ1) is 28.5. The molecule has 3 rings (SSSR count). The fraction of sp³-hybridized carbons (Fsp3) is 0.259. The van der Waals surface area contributed by atoms with Crippen LogP contribution in [-0.2, 0) is 26.2 Å². The van der Waals surface area contributed by atoms with E-state index in [9.17, 15) is 18.0 Å². The van der Waals surface area contributed by atoms with Gasteiger partial charge in [0.1, 0.15) is 12.6 Å². The summed E-state index contributed by atoms with van der Waals surface area (Å²) in [6.45, 7) is 3.42. The summed E-state index contributed by atoms with van der Waals surface area (Å²) in [4.78, 5) is 28.2. The highest BCUT2D eigenvalue weighted by molar-refractivity contribution is 7.92. The maximum Gasteiger partial charge on any atom is 0.264 e. The largest absolute Gasteiger partial charge is 0.355 e. The molecule has 3 aromatic rings. The van der Waals surface area contributed by atoms with Crippen molar-refractivity contribution in [2.45, 2.75) is 37.8 Å². The minimum Gasteiger partial charge on any atom is -0.355 e. The first-order chi connectivity index (χ1) is 17.7. The lowest BCUT2D eigenvalue weighted by atomic mass is 10.1. The van der Waals surface area contributed by atoms with Crippen LogP contribution in [0.15, 0.2) is 83.8 Å². The molecule has 0 aliphatic rings. The number of likely N-dealkylation sites (N-methyl/N-ethyl adjacent to an activating group) is 1. The highest BCUT2D eigenvalue weighted by Gasteiger charge is 2.34. The van der Waals surface area contributed by atoms with E-state index in [1.165, 1.54) is 23.1 Å². The van der Waals surface area contributed by atoms with Gasteiger partial charge < -0.3 is 10.2 Å². The number of rotatable bonds is 11. The number of nitrogens with one attached hydrogen (secondary N) is 1. The van der Waals surface area contributed by atoms with E-state index in [0.717, 1.165) is 4.31 Å². The normalized spacial score (nSPS) is 12.0. The van der Waals surface area contributed by atoms with Crippen molar-refractivity contribution in [3.8, 4) is 0 Å². The minimum atomic E-state index is -4.17. The second kappa shape index (κ2) is 12.9. The number of carbonyl (C=O) groups is 2. The Bertz CT molecular complexity index is 1340. The zero-order valence-corrected chi connectivity index (χ0v) is 22.9. The van der Waals surface area contributed by atoms with Crippen molar-refractivity contribution in [1.82, 2.24) is 10.2 Å². The number of hydrogen-bond acceptors (Lipinski definition) is 4. The second-order valence-electron chi connectivity index (χ2n) is 8.21. The van der Waals surface area contributed by atoms with Crippen LogP contribution in [0.1, 0.15) is 25.8 Å². The first-order valence-electron chi connectivity index (χ1n) is 11.8. The lowest BCUT2D eigenvalue weighted by molar-refractivity contribution is -0.140. The van der Waals surface area contributed by atoms with Gasteiger partial charge in [0.15, 0.2) is 0 Å². The highest BCUT2D eigenvalue weighted by Crippen LogP contribution is 2.31. The van der Waals surface area contributed by atoms with Crippen LogP contribution in [0.5, 0.6) is 0 Å². The van der Waals surface area contributed by atoms with E-state index in [2.05, 4.69) is 5.32 Å². The molecular weight excluding hydrogens is 533 g/mol. The predicted molar refractivity (Wildman–Crippen MR) is 147 cm³/mol. The van der Waals surface area contributed by atoms with E-state index in [4.69, 9.17) is 23.2 Å². The van der Waals surface area contributed by atoms with Crippen LogP contribution in [0, 0.1) is 0 Å². The molecule has 0 saturated heterocycles. The van der Waals surface area contributed by atoms with E-state index in [-0.39, 0.29) is 28.1 Å². The summed E-state index contributed by atoms with van der Waals surface area (Å²) in [5.41, 5.74) is 0.792. The molecule has 0 aliphatic heterocycles. The van der Waals surface area contributed by atoms with Gasteiger partial charge >= 0.3 is 0 Å². The summed E-state index contributed by atoms with van der Waals surface area (Å²) in [5.74, 6) is -0.905. The number of anilines is 1. The lowest BCUT2D eigenvalue weighted by Crippen LogP contribution is -2.52. The van der Waals surface area contributed by atoms with Gasteiger partial charge in [0.2, 0.25) is 11.8 Å². The van der Waals surface area contributed by atoms with E-state index in [0.29, 0.717) is 23.6 Å². The summed E-state index contributed by atoms with van der Waals surface area (Å²) >= 11 is 12.8. The SMILES string of the molecule is CCNC(=O)C(CC)N(Cc1ccccc1Cl)C(=O)CN(c1ccccc1Cl)S(=O)(=O)c1ccccc1. The predicted octanol–water partition coefficient (Wildman–Crippen LogP) is 5.13. The molecule has 37 heavy (non-hydrogen) atoms. The summed E-state index contributed by atoms with van der Waals surface area (Å²) < 4.78 is 28.4. The van der Waals surface area contributed by atoms with Crippen molar-refractivity contribution in [2.24, 2.45) is 0 Å². The van der Waals surface area contributed by atoms with Crippen molar-refractivity contribution in [2.75, 3.05) is 17.4 Å². The van der Waals surface area contributed by atoms with Gasteiger partial charge in [-0.25, -0.2) is 8.42 Å². The molecule has 0 heterocycles. The van der Waals surface area contributed by atoms with Crippen molar-refractivity contribution in [3.63, 3.8) is 0 Å². The molecule has 0 aliphatic carbocycles. The smallest absolute Gasteiger partial charge is 0.264 e. The van der Waals surface area contributed by atoms with Gasteiger partial charge in [-0.15, -0.1) is 0 Å². The van der Waals surface area contributed by atoms with E-state index in [1.54, 1.807) is 74.5 Å². The molecule has 2 amide bonds. The van der Waals surface area contributed by atoms with Gasteiger partial charge in [0, 0.05) is 18.1 Å². The molecular formula is C27H29Cl2N3O4S. The van der Waals surface area contributed by atoms with Crippen LogP contribution in [0.4, 0.5) is 5.69 Å². The fourth-order valence-electron chi connectivity index (χ4n) is 3.91. The van der Waals surface area contributed by atoms with Crippen LogP contribution in [-0.4, -0.2) is 44.3 Å². The lowest BCUT2D eigenvalue weighted by Gasteiger charge is -2.33. The molecule has 196 valence electrons. The Labute approximate surface area is 228 Å². The molecule has 3 aromatic carbocycles. The van der Waals surface area contributed by atoms with Gasteiger partial charge in [-0.3, -0.25) is 13.9 Å². The van der Waals surface area contributed by atoms with Crippen molar-refractivity contribution in [3.05, 3.63) is 94.5 Å². The summed E-state index contributed by atoms with van der Waals surface area (Å²) in [5, 5.41) is 3.37. The van der Waals surface area contributed by atoms with E-state index >= 15 is 0 Å². The van der Waals surface area contributed by atoms with Crippen LogP contribution < -0.4 is 9.62 Å². The number of carbonyl (C=O) groups excluding carboxylic acids is 2. The zero-order valence-electron chi connectivity index (χ0n) is 20.6. The number of halogens is 2. The van der Waals surface area contributed by atoms with Gasteiger partial charge in [-0.2, -0.15) is 0 Å². The molecule has 1 atom stereocenters. The third-order valence-electron chi connectivity index (χ3n) is 5.77. The van der Waals surface area contributed by atoms with Gasteiger partial charge in [0.05, 0.1) is 15.6 Å². The molecule has 0 bridgehead atoms. The Morgan fingerprint density at radius 2 is 1.46 bits per heavy atom. The Morgan fingerprint density at radius 1 is 0.865 bits per heavy atom. The van der Waals surface area contributed by atoms with Gasteiger partial charge in [0.25, 0.3) is 10.0 Å². The first-order valence-corrected chi connectivity index (χ1v) is 14.0. The summed E-state index contributed by atoms with van der Waals surface area (Å²) in [6.07, 6.45) is 0.319. The number of hydrogen-bond donors (Lipinski definition) is 1. The van der Waals surface area contributed by atoms with Crippen molar-refractivity contribution in [1.29, 1.82) is 0 Å². The van der Waals surface area contributed by atoms with Crippen LogP contribution in [0.2, 0.25) is 10.0 Å². The Morgan fingerprint density at radius 3 is 2.05 bits per heavy atom. The van der Waals surface area contributed by atoms with Gasteiger partial charge in [-0.05, 0) is 49.2 Å². The third kappa shape index (κ3) is 6.83. The molecule has 0 radical (unpaired) electrons. The molecule has 0 fully saturated rings. The molecule has 1 unspecified atom stereocenters. The van der Waals surface area contributed by atoms with E-state index < -0.39 is 28.5 Å². The topological polar surface area (TPSA) is 86.8 Å². The Kier molecular flexibility index (Phi) is 9.97. The summed E-state index contributed by atoms with van der Waals surface area (Å²) in [7, 11) is -4.17. The monoisotopic (exact) mass is 561 g/mol. The molecule has 7 nitrogen and oxygen atoms in total. The second-order valence-corrected chi connectivity index (χ2v) is 10.9. The van der Waals surface area contributed by atoms with Crippen LogP contribution in [0.25, 0.3) is 0 Å². The highest BCUT2D eigenvalue weighted by atomic mass is 35.5. The summed E-state index contributed by atoms with van der Waals surface area (Å²) in [6, 6.07) is 20.4. The van der Waals surface area contributed by atoms with Crippen LogP contribution in [0.3, 0.4) is 0 Å². The number of nitrogens with zero attached hydrogens (tertiary/aromatic N) is 2.